The zero-order chi connectivity index (χ0) is 16.8. The Hall–Kier alpha value is -1.46. The van der Waals surface area contributed by atoms with E-state index in [2.05, 4.69) is 34.7 Å². The van der Waals surface area contributed by atoms with Gasteiger partial charge in [0.1, 0.15) is 0 Å². The van der Waals surface area contributed by atoms with Crippen molar-refractivity contribution in [3.8, 4) is 0 Å². The smallest absolute Gasteiger partial charge is 0.224 e. The maximum Gasteiger partial charge on any atom is 0.224 e. The van der Waals surface area contributed by atoms with Gasteiger partial charge in [0.05, 0.1) is 24.9 Å². The van der Waals surface area contributed by atoms with Gasteiger partial charge in [-0.1, -0.05) is 40.5 Å². The molecule has 0 aromatic carbocycles. The summed E-state index contributed by atoms with van der Waals surface area (Å²) in [4.78, 5) is 23.4. The summed E-state index contributed by atoms with van der Waals surface area (Å²) in [6, 6.07) is 0. The van der Waals surface area contributed by atoms with Crippen molar-refractivity contribution in [2.45, 2.75) is 53.4 Å². The van der Waals surface area contributed by atoms with Gasteiger partial charge in [-0.15, -0.1) is 0 Å². The zero-order valence-corrected chi connectivity index (χ0v) is 14.5. The van der Waals surface area contributed by atoms with Gasteiger partial charge in [-0.05, 0) is 12.8 Å². The Morgan fingerprint density at radius 1 is 0.818 bits per heavy atom. The van der Waals surface area contributed by atoms with E-state index in [1.165, 1.54) is 0 Å². The van der Waals surface area contributed by atoms with Gasteiger partial charge in [0.15, 0.2) is 0 Å². The van der Waals surface area contributed by atoms with E-state index in [0.29, 0.717) is 26.2 Å². The van der Waals surface area contributed by atoms with Crippen LogP contribution in [-0.2, 0) is 9.59 Å². The fraction of sp³-hybridized carbons (Fsp3) is 0.875. The van der Waals surface area contributed by atoms with Crippen molar-refractivity contribution in [3.63, 3.8) is 0 Å². The highest BCUT2D eigenvalue weighted by Crippen LogP contribution is 2.00. The lowest BCUT2D eigenvalue weighted by atomic mass is 10.1. The lowest BCUT2D eigenvalue weighted by Crippen LogP contribution is -2.31. The van der Waals surface area contributed by atoms with Crippen LogP contribution in [0, 0.1) is 11.8 Å². The van der Waals surface area contributed by atoms with Gasteiger partial charge >= 0.3 is 0 Å². The van der Waals surface area contributed by atoms with Crippen LogP contribution < -0.4 is 10.6 Å². The minimum absolute atomic E-state index is 0.0118. The lowest BCUT2D eigenvalue weighted by Gasteiger charge is -2.10. The minimum atomic E-state index is -0.186. The summed E-state index contributed by atoms with van der Waals surface area (Å²) in [5, 5.41) is 13.8. The molecule has 0 aliphatic rings. The van der Waals surface area contributed by atoms with Crippen LogP contribution in [0.15, 0.2) is 10.2 Å². The lowest BCUT2D eigenvalue weighted by molar-refractivity contribution is -0.125. The predicted octanol–water partition coefficient (Wildman–Crippen LogP) is 2.54. The second-order valence-electron chi connectivity index (χ2n) is 5.74. The molecule has 2 N–H and O–H groups in total. The quantitative estimate of drug-likeness (QED) is 0.429. The third-order valence-electron chi connectivity index (χ3n) is 3.37. The summed E-state index contributed by atoms with van der Waals surface area (Å²) < 4.78 is 0. The Bertz CT molecular complexity index is 313. The molecule has 0 rings (SSSR count). The van der Waals surface area contributed by atoms with Crippen LogP contribution in [-0.4, -0.2) is 38.0 Å². The fourth-order valence-electron chi connectivity index (χ4n) is 1.65. The normalized spacial score (nSPS) is 13.8. The average Bonchev–Trinajstić information content (AvgIpc) is 2.51. The first-order chi connectivity index (χ1) is 10.5. The van der Waals surface area contributed by atoms with Gasteiger partial charge in [-0.2, -0.15) is 10.2 Å². The molecule has 6 nitrogen and oxygen atoms in total. The van der Waals surface area contributed by atoms with Gasteiger partial charge in [0.2, 0.25) is 11.8 Å². The van der Waals surface area contributed by atoms with E-state index in [-0.39, 0.29) is 23.7 Å². The Labute approximate surface area is 134 Å². The molecule has 0 aromatic heterocycles. The van der Waals surface area contributed by atoms with Gasteiger partial charge < -0.3 is 10.6 Å². The molecule has 22 heavy (non-hydrogen) atoms. The third kappa shape index (κ3) is 10.3. The number of carbonyl (C=O) groups is 2. The number of unbranched alkanes of at least 4 members (excludes halogenated alkanes) is 2. The number of nitrogens with one attached hydrogen (secondary N) is 2. The molecule has 0 aliphatic carbocycles. The first-order valence-corrected chi connectivity index (χ1v) is 8.41. The number of nitrogens with zero attached hydrogens (tertiary/aromatic N) is 2. The predicted molar refractivity (Wildman–Crippen MR) is 88.8 cm³/mol. The Morgan fingerprint density at radius 3 is 1.50 bits per heavy atom. The van der Waals surface area contributed by atoms with Gasteiger partial charge in [-0.25, -0.2) is 0 Å². The topological polar surface area (TPSA) is 82.9 Å². The molecule has 0 aromatic rings. The standard InChI is InChI=1S/C16H32N4O2/c1-5-7-9-17-15(21)13(3)11-19-20-12-14(4)16(22)18-10-8-6-2/h13-14H,5-12H2,1-4H3,(H,17,21)(H,18,22). The van der Waals surface area contributed by atoms with Crippen molar-refractivity contribution in [2.75, 3.05) is 26.2 Å². The molecule has 0 fully saturated rings. The first kappa shape index (κ1) is 20.5. The number of azo groups is 1. The molecular formula is C16H32N4O2. The van der Waals surface area contributed by atoms with Crippen molar-refractivity contribution in [1.82, 2.24) is 10.6 Å². The highest BCUT2D eigenvalue weighted by Gasteiger charge is 2.13. The highest BCUT2D eigenvalue weighted by molar-refractivity contribution is 5.78. The molecule has 2 atom stereocenters. The maximum atomic E-state index is 11.7. The summed E-state index contributed by atoms with van der Waals surface area (Å²) in [5.41, 5.74) is 0. The van der Waals surface area contributed by atoms with Gasteiger partial charge in [0.25, 0.3) is 0 Å². The first-order valence-electron chi connectivity index (χ1n) is 8.41. The number of amides is 2. The molecule has 0 radical (unpaired) electrons. The van der Waals surface area contributed by atoms with E-state index in [1.807, 2.05) is 13.8 Å². The molecule has 6 heteroatoms. The number of carbonyl (C=O) groups excluding carboxylic acids is 2. The van der Waals surface area contributed by atoms with Crippen molar-refractivity contribution < 1.29 is 9.59 Å². The van der Waals surface area contributed by atoms with Crippen LogP contribution in [0.1, 0.15) is 53.4 Å². The average molecular weight is 312 g/mol. The van der Waals surface area contributed by atoms with Crippen molar-refractivity contribution in [3.05, 3.63) is 0 Å². The summed E-state index contributed by atoms with van der Waals surface area (Å²) >= 11 is 0. The SMILES string of the molecule is CCCCNC(=O)C(C)CN=NCC(C)C(=O)NCCCC. The largest absolute Gasteiger partial charge is 0.356 e. The second kappa shape index (κ2) is 13.2. The van der Waals surface area contributed by atoms with Crippen LogP contribution in [0.3, 0.4) is 0 Å². The maximum absolute atomic E-state index is 11.7. The Kier molecular flexibility index (Phi) is 12.3. The van der Waals surface area contributed by atoms with Crippen molar-refractivity contribution in [1.29, 1.82) is 0 Å². The van der Waals surface area contributed by atoms with E-state index in [0.717, 1.165) is 25.7 Å². The minimum Gasteiger partial charge on any atom is -0.356 e. The molecule has 2 unspecified atom stereocenters. The molecule has 0 bridgehead atoms. The van der Waals surface area contributed by atoms with E-state index in [1.54, 1.807) is 0 Å². The summed E-state index contributed by atoms with van der Waals surface area (Å²) in [5.74, 6) is -0.348. The molecule has 128 valence electrons. The molecule has 0 heterocycles. The van der Waals surface area contributed by atoms with E-state index in [9.17, 15) is 9.59 Å². The van der Waals surface area contributed by atoms with Crippen LogP contribution >= 0.6 is 0 Å². The van der Waals surface area contributed by atoms with Crippen LogP contribution in [0.25, 0.3) is 0 Å². The molecule has 2 amide bonds. The Morgan fingerprint density at radius 2 is 1.18 bits per heavy atom. The molecule has 0 spiro atoms. The molecule has 0 saturated heterocycles. The van der Waals surface area contributed by atoms with Crippen molar-refractivity contribution >= 4 is 11.8 Å². The van der Waals surface area contributed by atoms with Crippen LogP contribution in [0.4, 0.5) is 0 Å². The highest BCUT2D eigenvalue weighted by atomic mass is 16.2. The fourth-order valence-corrected chi connectivity index (χ4v) is 1.65. The van der Waals surface area contributed by atoms with Crippen LogP contribution in [0.5, 0.6) is 0 Å². The molecule has 0 saturated carbocycles. The van der Waals surface area contributed by atoms with E-state index >= 15 is 0 Å². The number of rotatable bonds is 12. The third-order valence-corrected chi connectivity index (χ3v) is 3.37. The van der Waals surface area contributed by atoms with E-state index in [4.69, 9.17) is 0 Å². The molecule has 0 aliphatic heterocycles. The Balaban J connectivity index is 3.87. The summed E-state index contributed by atoms with van der Waals surface area (Å²) in [7, 11) is 0. The number of hydrogen-bond acceptors (Lipinski definition) is 4. The monoisotopic (exact) mass is 312 g/mol. The number of hydrogen-bond donors (Lipinski definition) is 2. The summed E-state index contributed by atoms with van der Waals surface area (Å²) in [6.45, 7) is 10.00. The van der Waals surface area contributed by atoms with Gasteiger partial charge in [0, 0.05) is 13.1 Å². The van der Waals surface area contributed by atoms with Crippen molar-refractivity contribution in [2.24, 2.45) is 22.1 Å². The van der Waals surface area contributed by atoms with E-state index < -0.39 is 0 Å². The van der Waals surface area contributed by atoms with Gasteiger partial charge in [-0.3, -0.25) is 9.59 Å². The molecular weight excluding hydrogens is 280 g/mol. The second-order valence-corrected chi connectivity index (χ2v) is 5.74. The summed E-state index contributed by atoms with van der Waals surface area (Å²) in [6.07, 6.45) is 4.11. The zero-order valence-electron chi connectivity index (χ0n) is 14.5. The van der Waals surface area contributed by atoms with Crippen LogP contribution in [0.2, 0.25) is 0 Å².